The van der Waals surface area contributed by atoms with Gasteiger partial charge >= 0.3 is 0 Å². The van der Waals surface area contributed by atoms with E-state index in [1.165, 1.54) is 11.1 Å². The van der Waals surface area contributed by atoms with Crippen LogP contribution in [0, 0.1) is 6.92 Å². The first-order chi connectivity index (χ1) is 13.1. The number of aliphatic hydroxyl groups is 1. The molecular formula is C23H26N2O2. The van der Waals surface area contributed by atoms with Gasteiger partial charge in [0.25, 0.3) is 0 Å². The molecule has 1 fully saturated rings. The molecule has 1 atom stereocenters. The number of ether oxygens (including phenoxy) is 1. The molecule has 2 aromatic carbocycles. The standard InChI is InChI=1S/C23H26N2O2/c1-16-5-3-6-18(11-16)23-19(14-25-10-4-7-20(26)15-25)12-17-8-9-21(27-2)13-22(17)24-23/h3,5-6,8-9,11-13,20,26H,4,7,10,14-15H2,1-2H3. The van der Waals surface area contributed by atoms with Crippen molar-refractivity contribution >= 4 is 10.9 Å². The molecule has 1 aliphatic rings. The quantitative estimate of drug-likeness (QED) is 0.756. The Hall–Kier alpha value is -2.43. The zero-order chi connectivity index (χ0) is 18.8. The lowest BCUT2D eigenvalue weighted by atomic mass is 10.00. The third-order valence-electron chi connectivity index (χ3n) is 5.27. The zero-order valence-corrected chi connectivity index (χ0v) is 16.0. The molecule has 0 saturated carbocycles. The monoisotopic (exact) mass is 362 g/mol. The van der Waals surface area contributed by atoms with Crippen molar-refractivity contribution in [3.63, 3.8) is 0 Å². The van der Waals surface area contributed by atoms with Crippen molar-refractivity contribution < 1.29 is 9.84 Å². The SMILES string of the molecule is COc1ccc2cc(CN3CCCC(O)C3)c(-c3cccc(C)c3)nc2c1. The van der Waals surface area contributed by atoms with Gasteiger partial charge in [0.05, 0.1) is 24.4 Å². The van der Waals surface area contributed by atoms with Crippen molar-refractivity contribution in [3.05, 3.63) is 59.7 Å². The van der Waals surface area contributed by atoms with Crippen molar-refractivity contribution in [1.82, 2.24) is 9.88 Å². The maximum atomic E-state index is 10.0. The summed E-state index contributed by atoms with van der Waals surface area (Å²) in [4.78, 5) is 7.34. The number of hydrogen-bond donors (Lipinski definition) is 1. The molecule has 4 heteroatoms. The number of nitrogens with zero attached hydrogens (tertiary/aromatic N) is 2. The molecule has 1 aliphatic heterocycles. The van der Waals surface area contributed by atoms with E-state index in [-0.39, 0.29) is 6.10 Å². The molecule has 0 spiro atoms. The number of hydrogen-bond acceptors (Lipinski definition) is 4. The molecule has 140 valence electrons. The molecule has 1 N–H and O–H groups in total. The largest absolute Gasteiger partial charge is 0.497 e. The number of piperidine rings is 1. The van der Waals surface area contributed by atoms with Crippen LogP contribution in [0.1, 0.15) is 24.0 Å². The van der Waals surface area contributed by atoms with Gasteiger partial charge < -0.3 is 9.84 Å². The van der Waals surface area contributed by atoms with Gasteiger partial charge in [0.2, 0.25) is 0 Å². The molecule has 3 aromatic rings. The van der Waals surface area contributed by atoms with E-state index in [2.05, 4.69) is 48.2 Å². The normalized spacial score (nSPS) is 18.0. The molecule has 4 nitrogen and oxygen atoms in total. The fourth-order valence-corrected chi connectivity index (χ4v) is 3.90. The van der Waals surface area contributed by atoms with E-state index in [1.54, 1.807) is 7.11 Å². The third kappa shape index (κ3) is 3.97. The number of rotatable bonds is 4. The number of fused-ring (bicyclic) bond motifs is 1. The molecule has 0 radical (unpaired) electrons. The summed E-state index contributed by atoms with van der Waals surface area (Å²) in [7, 11) is 1.68. The Morgan fingerprint density at radius 1 is 1.19 bits per heavy atom. The van der Waals surface area contributed by atoms with Gasteiger partial charge in [0, 0.05) is 30.1 Å². The Balaban J connectivity index is 1.80. The van der Waals surface area contributed by atoms with E-state index < -0.39 is 0 Å². The van der Waals surface area contributed by atoms with Gasteiger partial charge in [-0.25, -0.2) is 4.98 Å². The highest BCUT2D eigenvalue weighted by Gasteiger charge is 2.20. The Kier molecular flexibility index (Phi) is 5.10. The van der Waals surface area contributed by atoms with Gasteiger partial charge in [-0.1, -0.05) is 23.8 Å². The van der Waals surface area contributed by atoms with Gasteiger partial charge in [0.15, 0.2) is 0 Å². The molecule has 27 heavy (non-hydrogen) atoms. The summed E-state index contributed by atoms with van der Waals surface area (Å²) in [6, 6.07) is 16.8. The van der Waals surface area contributed by atoms with Crippen molar-refractivity contribution in [2.24, 2.45) is 0 Å². The highest BCUT2D eigenvalue weighted by Crippen LogP contribution is 2.29. The molecule has 0 aliphatic carbocycles. The topological polar surface area (TPSA) is 45.6 Å². The van der Waals surface area contributed by atoms with E-state index in [4.69, 9.17) is 9.72 Å². The summed E-state index contributed by atoms with van der Waals surface area (Å²) >= 11 is 0. The van der Waals surface area contributed by atoms with E-state index >= 15 is 0 Å². The average molecular weight is 362 g/mol. The minimum absolute atomic E-state index is 0.223. The maximum absolute atomic E-state index is 10.0. The fraction of sp³-hybridized carbons (Fsp3) is 0.348. The summed E-state index contributed by atoms with van der Waals surface area (Å²) in [6.07, 6.45) is 1.72. The molecule has 0 amide bonds. The van der Waals surface area contributed by atoms with Crippen LogP contribution in [0.5, 0.6) is 5.75 Å². The van der Waals surface area contributed by atoms with Crippen LogP contribution < -0.4 is 4.74 Å². The Bertz CT molecular complexity index is 954. The first-order valence-corrected chi connectivity index (χ1v) is 9.57. The Labute approximate surface area is 160 Å². The zero-order valence-electron chi connectivity index (χ0n) is 16.0. The van der Waals surface area contributed by atoms with Crippen LogP contribution in [0.2, 0.25) is 0 Å². The van der Waals surface area contributed by atoms with E-state index in [1.807, 2.05) is 12.1 Å². The summed E-state index contributed by atoms with van der Waals surface area (Å²) in [6.45, 7) is 4.66. The highest BCUT2D eigenvalue weighted by atomic mass is 16.5. The summed E-state index contributed by atoms with van der Waals surface area (Å²) < 4.78 is 5.37. The molecule has 4 rings (SSSR count). The van der Waals surface area contributed by atoms with Crippen LogP contribution in [0.4, 0.5) is 0 Å². The van der Waals surface area contributed by atoms with Crippen LogP contribution in [0.25, 0.3) is 22.2 Å². The number of benzene rings is 2. The van der Waals surface area contributed by atoms with Gasteiger partial charge in [-0.3, -0.25) is 4.90 Å². The lowest BCUT2D eigenvalue weighted by Crippen LogP contribution is -2.37. The number of β-amino-alcohol motifs (C(OH)–C–C–N with tert-alkyl or cyclic N) is 1. The van der Waals surface area contributed by atoms with Crippen molar-refractivity contribution in [2.45, 2.75) is 32.4 Å². The predicted molar refractivity (Wildman–Crippen MR) is 109 cm³/mol. The number of methoxy groups -OCH3 is 1. The lowest BCUT2D eigenvalue weighted by molar-refractivity contribution is 0.0669. The molecule has 0 bridgehead atoms. The molecule has 2 heterocycles. The van der Waals surface area contributed by atoms with Crippen LogP contribution in [-0.2, 0) is 6.54 Å². The Morgan fingerprint density at radius 3 is 2.85 bits per heavy atom. The number of aromatic nitrogens is 1. The van der Waals surface area contributed by atoms with E-state index in [0.717, 1.165) is 60.4 Å². The molecule has 1 saturated heterocycles. The number of aryl methyl sites for hydroxylation is 1. The predicted octanol–water partition coefficient (Wildman–Crippen LogP) is 4.18. The fourth-order valence-electron chi connectivity index (χ4n) is 3.90. The summed E-state index contributed by atoms with van der Waals surface area (Å²) in [5.74, 6) is 0.817. The van der Waals surface area contributed by atoms with Crippen LogP contribution in [-0.4, -0.2) is 41.3 Å². The van der Waals surface area contributed by atoms with Gasteiger partial charge in [-0.05, 0) is 56.1 Å². The van der Waals surface area contributed by atoms with Crippen molar-refractivity contribution in [1.29, 1.82) is 0 Å². The smallest absolute Gasteiger partial charge is 0.121 e. The van der Waals surface area contributed by atoms with E-state index in [9.17, 15) is 5.11 Å². The second-order valence-corrected chi connectivity index (χ2v) is 7.46. The number of pyridine rings is 1. The lowest BCUT2D eigenvalue weighted by Gasteiger charge is -2.30. The average Bonchev–Trinajstić information content (AvgIpc) is 2.67. The minimum atomic E-state index is -0.223. The summed E-state index contributed by atoms with van der Waals surface area (Å²) in [5.41, 5.74) is 5.51. The van der Waals surface area contributed by atoms with Crippen molar-refractivity contribution in [3.8, 4) is 17.0 Å². The van der Waals surface area contributed by atoms with Gasteiger partial charge in [-0.15, -0.1) is 0 Å². The van der Waals surface area contributed by atoms with Crippen molar-refractivity contribution in [2.75, 3.05) is 20.2 Å². The summed E-state index contributed by atoms with van der Waals surface area (Å²) in [5, 5.41) is 11.1. The van der Waals surface area contributed by atoms with Crippen LogP contribution in [0.3, 0.4) is 0 Å². The minimum Gasteiger partial charge on any atom is -0.497 e. The van der Waals surface area contributed by atoms with Gasteiger partial charge in [0.1, 0.15) is 5.75 Å². The second-order valence-electron chi connectivity index (χ2n) is 7.46. The van der Waals surface area contributed by atoms with Crippen LogP contribution in [0.15, 0.2) is 48.5 Å². The highest BCUT2D eigenvalue weighted by molar-refractivity contribution is 5.84. The number of likely N-dealkylation sites (tertiary alicyclic amines) is 1. The first kappa shape index (κ1) is 18.0. The second kappa shape index (κ2) is 7.67. The Morgan fingerprint density at radius 2 is 2.07 bits per heavy atom. The maximum Gasteiger partial charge on any atom is 0.121 e. The molecular weight excluding hydrogens is 336 g/mol. The van der Waals surface area contributed by atoms with E-state index in [0.29, 0.717) is 0 Å². The van der Waals surface area contributed by atoms with Crippen LogP contribution >= 0.6 is 0 Å². The molecule has 1 aromatic heterocycles. The van der Waals surface area contributed by atoms with Gasteiger partial charge in [-0.2, -0.15) is 0 Å². The first-order valence-electron chi connectivity index (χ1n) is 9.57. The third-order valence-corrected chi connectivity index (χ3v) is 5.27. The molecule has 1 unspecified atom stereocenters. The number of aliphatic hydroxyl groups excluding tert-OH is 1.